The summed E-state index contributed by atoms with van der Waals surface area (Å²) in [6, 6.07) is 29.1. The molecule has 4 aromatic rings. The van der Waals surface area contributed by atoms with Crippen molar-refractivity contribution >= 4 is 39.1 Å². The van der Waals surface area contributed by atoms with E-state index in [1.807, 2.05) is 75.4 Å². The van der Waals surface area contributed by atoms with Gasteiger partial charge in [0.15, 0.2) is 0 Å². The fourth-order valence-corrected chi connectivity index (χ4v) is 6.37. The molecule has 0 saturated heterocycles. The first-order valence-corrected chi connectivity index (χ1v) is 15.9. The van der Waals surface area contributed by atoms with Crippen molar-refractivity contribution in [1.82, 2.24) is 10.2 Å². The fraction of sp³-hybridized carbons (Fsp3) is 0.235. The summed E-state index contributed by atoms with van der Waals surface area (Å²) in [6.45, 7) is 5.68. The van der Waals surface area contributed by atoms with Crippen LogP contribution in [0.25, 0.3) is 0 Å². The Balaban J connectivity index is 1.79. The second kappa shape index (κ2) is 14.4. The van der Waals surface area contributed by atoms with Gasteiger partial charge in [-0.25, -0.2) is 8.42 Å². The summed E-state index contributed by atoms with van der Waals surface area (Å²) in [5.74, 6) is -0.818. The molecule has 2 amide bonds. The zero-order chi connectivity index (χ0) is 31.0. The number of carbonyl (C=O) groups excluding carboxylic acids is 2. The smallest absolute Gasteiger partial charge is 0.264 e. The second-order valence-corrected chi connectivity index (χ2v) is 12.7. The molecule has 0 aliphatic rings. The molecule has 0 saturated carbocycles. The van der Waals surface area contributed by atoms with Crippen molar-refractivity contribution in [2.75, 3.05) is 17.4 Å². The molecular weight excluding hydrogens is 582 g/mol. The lowest BCUT2D eigenvalue weighted by atomic mass is 10.0. The van der Waals surface area contributed by atoms with Crippen molar-refractivity contribution < 1.29 is 18.0 Å². The minimum absolute atomic E-state index is 0.0000655. The number of likely N-dealkylation sites (N-methyl/N-ethyl adjacent to an activating group) is 1. The molecule has 1 N–H and O–H groups in total. The molecule has 0 aliphatic carbocycles. The number of rotatable bonds is 12. The zero-order valence-electron chi connectivity index (χ0n) is 24.5. The van der Waals surface area contributed by atoms with Gasteiger partial charge in [-0.3, -0.25) is 13.9 Å². The zero-order valence-corrected chi connectivity index (χ0v) is 26.1. The van der Waals surface area contributed by atoms with Crippen LogP contribution in [0.1, 0.15) is 29.2 Å². The average molecular weight is 618 g/mol. The van der Waals surface area contributed by atoms with Crippen molar-refractivity contribution in [1.29, 1.82) is 0 Å². The van der Waals surface area contributed by atoms with E-state index in [4.69, 9.17) is 11.6 Å². The normalized spacial score (nSPS) is 11.9. The van der Waals surface area contributed by atoms with Gasteiger partial charge < -0.3 is 10.2 Å². The number of halogens is 1. The summed E-state index contributed by atoms with van der Waals surface area (Å²) >= 11 is 6.04. The molecule has 1 atom stereocenters. The predicted octanol–water partition coefficient (Wildman–Crippen LogP) is 5.93. The van der Waals surface area contributed by atoms with E-state index in [2.05, 4.69) is 5.32 Å². The number of hydrogen-bond donors (Lipinski definition) is 1. The molecule has 0 fully saturated rings. The Labute approximate surface area is 259 Å². The maximum Gasteiger partial charge on any atom is 0.264 e. The maximum absolute atomic E-state index is 14.4. The number of sulfonamides is 1. The van der Waals surface area contributed by atoms with Crippen LogP contribution in [0, 0.1) is 13.8 Å². The Bertz CT molecular complexity index is 1640. The van der Waals surface area contributed by atoms with Crippen molar-refractivity contribution in [3.63, 3.8) is 0 Å². The van der Waals surface area contributed by atoms with Gasteiger partial charge in [0.1, 0.15) is 12.6 Å². The summed E-state index contributed by atoms with van der Waals surface area (Å²) in [5, 5.41) is 3.27. The van der Waals surface area contributed by atoms with Crippen LogP contribution in [-0.2, 0) is 32.6 Å². The van der Waals surface area contributed by atoms with Gasteiger partial charge in [0.05, 0.1) is 10.6 Å². The highest BCUT2D eigenvalue weighted by Gasteiger charge is 2.34. The number of anilines is 1. The first-order chi connectivity index (χ1) is 20.6. The van der Waals surface area contributed by atoms with Crippen LogP contribution >= 0.6 is 11.6 Å². The van der Waals surface area contributed by atoms with Crippen LogP contribution in [0.4, 0.5) is 5.69 Å². The highest BCUT2D eigenvalue weighted by Crippen LogP contribution is 2.26. The van der Waals surface area contributed by atoms with Gasteiger partial charge in [-0.15, -0.1) is 0 Å². The Morgan fingerprint density at radius 1 is 0.814 bits per heavy atom. The summed E-state index contributed by atoms with van der Waals surface area (Å²) in [6.07, 6.45) is 0.263. The van der Waals surface area contributed by atoms with Gasteiger partial charge >= 0.3 is 0 Å². The highest BCUT2D eigenvalue weighted by atomic mass is 35.5. The number of nitrogens with one attached hydrogen (secondary N) is 1. The van der Waals surface area contributed by atoms with Crippen molar-refractivity contribution in [2.45, 2.75) is 44.7 Å². The molecule has 0 radical (unpaired) electrons. The Morgan fingerprint density at radius 3 is 2.09 bits per heavy atom. The quantitative estimate of drug-likeness (QED) is 0.214. The minimum atomic E-state index is -4.18. The van der Waals surface area contributed by atoms with Gasteiger partial charge in [0.2, 0.25) is 11.8 Å². The van der Waals surface area contributed by atoms with E-state index in [0.717, 1.165) is 26.6 Å². The number of carbonyl (C=O) groups is 2. The van der Waals surface area contributed by atoms with Crippen LogP contribution in [-0.4, -0.2) is 44.3 Å². The molecule has 0 bridgehead atoms. The molecular formula is C34H36ClN3O4S. The second-order valence-electron chi connectivity index (χ2n) is 10.4. The van der Waals surface area contributed by atoms with Gasteiger partial charge in [0.25, 0.3) is 10.0 Å². The Kier molecular flexibility index (Phi) is 10.6. The lowest BCUT2D eigenvalue weighted by Crippen LogP contribution is -2.53. The lowest BCUT2D eigenvalue weighted by Gasteiger charge is -2.34. The molecule has 9 heteroatoms. The molecule has 224 valence electrons. The van der Waals surface area contributed by atoms with E-state index in [1.165, 1.54) is 29.2 Å². The molecule has 0 heterocycles. The first kappa shape index (κ1) is 31.8. The van der Waals surface area contributed by atoms with Crippen LogP contribution in [0.2, 0.25) is 5.02 Å². The number of hydrogen-bond acceptors (Lipinski definition) is 4. The van der Waals surface area contributed by atoms with Crippen LogP contribution in [0.15, 0.2) is 108 Å². The van der Waals surface area contributed by atoms with E-state index in [-0.39, 0.29) is 23.8 Å². The fourth-order valence-electron chi connectivity index (χ4n) is 4.83. The third-order valence-electron chi connectivity index (χ3n) is 7.06. The number of benzene rings is 4. The van der Waals surface area contributed by atoms with E-state index >= 15 is 0 Å². The largest absolute Gasteiger partial charge is 0.355 e. The molecule has 7 nitrogen and oxygen atoms in total. The summed E-state index contributed by atoms with van der Waals surface area (Å²) in [4.78, 5) is 29.4. The topological polar surface area (TPSA) is 86.8 Å². The molecule has 0 aromatic heterocycles. The Morgan fingerprint density at radius 2 is 1.47 bits per heavy atom. The average Bonchev–Trinajstić information content (AvgIpc) is 2.99. The summed E-state index contributed by atoms with van der Waals surface area (Å²) in [7, 11) is -4.18. The van der Waals surface area contributed by atoms with Crippen LogP contribution < -0.4 is 9.62 Å². The first-order valence-electron chi connectivity index (χ1n) is 14.1. The third-order valence-corrected chi connectivity index (χ3v) is 9.10. The van der Waals surface area contributed by atoms with Crippen LogP contribution in [0.3, 0.4) is 0 Å². The summed E-state index contributed by atoms with van der Waals surface area (Å²) in [5.41, 5.74) is 4.00. The van der Waals surface area contributed by atoms with Gasteiger partial charge in [0, 0.05) is 24.5 Å². The van der Waals surface area contributed by atoms with E-state index in [1.54, 1.807) is 24.3 Å². The summed E-state index contributed by atoms with van der Waals surface area (Å²) < 4.78 is 29.1. The molecule has 0 spiro atoms. The van der Waals surface area contributed by atoms with E-state index < -0.39 is 28.5 Å². The SMILES string of the molecule is CCNC(=O)[C@H](Cc1ccccc1)N(Cc1cccc(C)c1)C(=O)CN(c1ccc(C)cc1)S(=O)(=O)c1ccc(Cl)cc1. The van der Waals surface area contributed by atoms with Gasteiger partial charge in [-0.05, 0) is 68.3 Å². The molecule has 4 rings (SSSR count). The highest BCUT2D eigenvalue weighted by molar-refractivity contribution is 7.92. The standard InChI is InChI=1S/C34H36ClN3O4S/c1-4-36-34(40)32(22-27-10-6-5-7-11-27)37(23-28-12-8-9-26(3)21-28)33(39)24-38(30-17-13-25(2)14-18-30)43(41,42)31-19-15-29(35)16-20-31/h5-21,32H,4,22-24H2,1-3H3,(H,36,40)/t32-/m0/s1. The van der Waals surface area contributed by atoms with E-state index in [0.29, 0.717) is 17.3 Å². The maximum atomic E-state index is 14.4. The number of aryl methyl sites for hydroxylation is 2. The molecule has 0 aliphatic heterocycles. The Hall–Kier alpha value is -4.14. The molecule has 0 unspecified atom stereocenters. The van der Waals surface area contributed by atoms with Gasteiger partial charge in [-0.1, -0.05) is 89.5 Å². The monoisotopic (exact) mass is 617 g/mol. The van der Waals surface area contributed by atoms with Gasteiger partial charge in [-0.2, -0.15) is 0 Å². The number of nitrogens with zero attached hydrogens (tertiary/aromatic N) is 2. The molecule has 4 aromatic carbocycles. The molecule has 43 heavy (non-hydrogen) atoms. The lowest BCUT2D eigenvalue weighted by molar-refractivity contribution is -0.140. The van der Waals surface area contributed by atoms with Crippen molar-refractivity contribution in [2.24, 2.45) is 0 Å². The van der Waals surface area contributed by atoms with Crippen molar-refractivity contribution in [3.05, 3.63) is 130 Å². The minimum Gasteiger partial charge on any atom is -0.355 e. The predicted molar refractivity (Wildman–Crippen MR) is 172 cm³/mol. The third kappa shape index (κ3) is 8.24. The van der Waals surface area contributed by atoms with Crippen LogP contribution in [0.5, 0.6) is 0 Å². The van der Waals surface area contributed by atoms with Crippen molar-refractivity contribution in [3.8, 4) is 0 Å². The van der Waals surface area contributed by atoms with E-state index in [9.17, 15) is 18.0 Å². The number of amides is 2.